The van der Waals surface area contributed by atoms with Crippen LogP contribution in [0.2, 0.25) is 10.0 Å². The monoisotopic (exact) mass is 551 g/mol. The van der Waals surface area contributed by atoms with Crippen molar-refractivity contribution in [2.24, 2.45) is 5.92 Å². The summed E-state index contributed by atoms with van der Waals surface area (Å²) in [6.45, 7) is 6.73. The molecule has 0 bridgehead atoms. The fourth-order valence-corrected chi connectivity index (χ4v) is 4.12. The van der Waals surface area contributed by atoms with Crippen molar-refractivity contribution in [3.8, 4) is 0 Å². The van der Waals surface area contributed by atoms with Gasteiger partial charge in [-0.15, -0.1) is 0 Å². The van der Waals surface area contributed by atoms with Crippen molar-refractivity contribution in [3.05, 3.63) is 32.2 Å². The number of rotatable bonds is 9. The van der Waals surface area contributed by atoms with Crippen LogP contribution in [0.5, 0.6) is 0 Å². The first-order valence-corrected chi connectivity index (χ1v) is 12.0. The van der Waals surface area contributed by atoms with Crippen molar-refractivity contribution in [1.29, 1.82) is 0 Å². The number of benzene rings is 1. The number of hydrogen-bond acceptors (Lipinski definition) is 6. The molecule has 1 saturated heterocycles. The smallest absolute Gasteiger partial charge is 0.408 e. The molecule has 2 rings (SSSR count). The fourth-order valence-electron chi connectivity index (χ4n) is 3.31. The van der Waals surface area contributed by atoms with E-state index in [1.54, 1.807) is 0 Å². The second-order valence-electron chi connectivity index (χ2n) is 7.91. The van der Waals surface area contributed by atoms with E-state index in [1.165, 1.54) is 12.1 Å². The second-order valence-corrected chi connectivity index (χ2v) is 9.58. The molecule has 0 saturated carbocycles. The molecule has 1 aromatic carbocycles. The summed E-state index contributed by atoms with van der Waals surface area (Å²) in [4.78, 5) is 27.1. The van der Waals surface area contributed by atoms with E-state index in [-0.39, 0.29) is 35.6 Å². The molecule has 1 fully saturated rings. The van der Waals surface area contributed by atoms with Crippen LogP contribution in [0.25, 0.3) is 0 Å². The van der Waals surface area contributed by atoms with Crippen LogP contribution in [-0.4, -0.2) is 80.9 Å². The summed E-state index contributed by atoms with van der Waals surface area (Å²) >= 11 is 15.3. The Hall–Kier alpha value is -0.875. The van der Waals surface area contributed by atoms with Crippen LogP contribution in [0, 0.1) is 5.92 Å². The molecule has 0 aliphatic carbocycles. The molecule has 8 nitrogen and oxygen atoms in total. The number of halogens is 3. The molecule has 1 aliphatic rings. The maximum atomic E-state index is 12.6. The number of β-amino-alcohol motifs (C(OH)–C–C–N with tert-alkyl or cyclic N) is 1. The second kappa shape index (κ2) is 13.7. The molecule has 1 heterocycles. The molecule has 0 radical (unpaired) electrons. The van der Waals surface area contributed by atoms with Gasteiger partial charge in [-0.25, -0.2) is 0 Å². The zero-order valence-corrected chi connectivity index (χ0v) is 21.3. The van der Waals surface area contributed by atoms with E-state index < -0.39 is 13.0 Å². The summed E-state index contributed by atoms with van der Waals surface area (Å²) in [6.07, 6.45) is 0.653. The predicted octanol–water partition coefficient (Wildman–Crippen LogP) is 2.39. The topological polar surface area (TPSA) is 100 Å². The van der Waals surface area contributed by atoms with E-state index in [0.717, 1.165) is 0 Å². The zero-order valence-electron chi connectivity index (χ0n) is 18.2. The van der Waals surface area contributed by atoms with Gasteiger partial charge in [0.25, 0.3) is 5.91 Å². The standard InChI is InChI=1S/C20H29BBrCl2N3O5/c1-13(2)9-18(21-31-7-4-27(3-6-28)5-8-32-21)26-19(29)12-25-20(30)14-10-15(22)17(24)11-16(14)23/h10-11,13,18,28H,3-9,12H2,1-2H3,(H,25,30)(H,26,29)/t18-/m0/s1. The van der Waals surface area contributed by atoms with Crippen molar-refractivity contribution in [2.45, 2.75) is 26.2 Å². The number of nitrogens with zero attached hydrogens (tertiary/aromatic N) is 1. The minimum absolute atomic E-state index is 0.0827. The number of carbonyl (C=O) groups excluding carboxylic acids is 2. The van der Waals surface area contributed by atoms with E-state index in [0.29, 0.717) is 54.7 Å². The SMILES string of the molecule is CC(C)C[C@H](NC(=O)CNC(=O)c1cc(Br)c(Cl)cc1Cl)B1OCCN(CCO)CCO1. The third-order valence-corrected chi connectivity index (χ3v) is 6.37. The van der Waals surface area contributed by atoms with Crippen LogP contribution < -0.4 is 10.6 Å². The van der Waals surface area contributed by atoms with Crippen LogP contribution >= 0.6 is 39.1 Å². The van der Waals surface area contributed by atoms with Crippen LogP contribution in [0.1, 0.15) is 30.6 Å². The van der Waals surface area contributed by atoms with Gasteiger partial charge in [-0.3, -0.25) is 14.5 Å². The van der Waals surface area contributed by atoms with E-state index in [4.69, 9.17) is 37.6 Å². The molecule has 1 aromatic rings. The van der Waals surface area contributed by atoms with Crippen LogP contribution in [-0.2, 0) is 14.1 Å². The van der Waals surface area contributed by atoms with Crippen molar-refractivity contribution >= 4 is 58.1 Å². The van der Waals surface area contributed by atoms with Gasteiger partial charge in [-0.1, -0.05) is 37.0 Å². The van der Waals surface area contributed by atoms with Crippen molar-refractivity contribution in [2.75, 3.05) is 46.0 Å². The molecule has 0 aromatic heterocycles. The van der Waals surface area contributed by atoms with Gasteiger partial charge in [0.2, 0.25) is 5.91 Å². The third-order valence-electron chi connectivity index (χ3n) is 4.86. The predicted molar refractivity (Wildman–Crippen MR) is 129 cm³/mol. The molecule has 12 heteroatoms. The summed E-state index contributed by atoms with van der Waals surface area (Å²) in [5, 5.41) is 15.2. The summed E-state index contributed by atoms with van der Waals surface area (Å²) in [5.74, 6) is -0.907. The highest BCUT2D eigenvalue weighted by Gasteiger charge is 2.33. The molecular weight excluding hydrogens is 524 g/mol. The third kappa shape index (κ3) is 8.81. The van der Waals surface area contributed by atoms with Crippen LogP contribution in [0.4, 0.5) is 0 Å². The number of nitrogens with one attached hydrogen (secondary N) is 2. The molecule has 3 N–H and O–H groups in total. The van der Waals surface area contributed by atoms with Gasteiger partial charge in [0.1, 0.15) is 0 Å². The highest BCUT2D eigenvalue weighted by Crippen LogP contribution is 2.29. The van der Waals surface area contributed by atoms with Gasteiger partial charge >= 0.3 is 7.12 Å². The van der Waals surface area contributed by atoms with E-state index in [2.05, 4.69) is 31.5 Å². The average Bonchev–Trinajstić information content (AvgIpc) is 2.70. The molecule has 32 heavy (non-hydrogen) atoms. The number of hydrogen-bond donors (Lipinski definition) is 3. The molecule has 2 amide bonds. The Kier molecular flexibility index (Phi) is 11.8. The first-order chi connectivity index (χ1) is 15.2. The molecule has 1 aliphatic heterocycles. The summed E-state index contributed by atoms with van der Waals surface area (Å²) in [5.41, 5.74) is 0.216. The lowest BCUT2D eigenvalue weighted by Crippen LogP contribution is -2.54. The van der Waals surface area contributed by atoms with E-state index in [9.17, 15) is 9.59 Å². The minimum Gasteiger partial charge on any atom is -0.408 e. The average molecular weight is 553 g/mol. The maximum Gasteiger partial charge on any atom is 0.480 e. The van der Waals surface area contributed by atoms with Gasteiger partial charge in [0.15, 0.2) is 0 Å². The fraction of sp³-hybridized carbons (Fsp3) is 0.600. The van der Waals surface area contributed by atoms with Gasteiger partial charge < -0.3 is 25.0 Å². The Labute approximate surface area is 207 Å². The molecule has 178 valence electrons. The first-order valence-electron chi connectivity index (χ1n) is 10.5. The summed E-state index contributed by atoms with van der Waals surface area (Å²) in [6, 6.07) is 2.97. The number of aliphatic hydroxyl groups excluding tert-OH is 1. The normalized spacial score (nSPS) is 16.4. The lowest BCUT2D eigenvalue weighted by atomic mass is 9.73. The Bertz CT molecular complexity index is 780. The van der Waals surface area contributed by atoms with Crippen LogP contribution in [0.15, 0.2) is 16.6 Å². The molecule has 0 spiro atoms. The largest absolute Gasteiger partial charge is 0.480 e. The summed E-state index contributed by atoms with van der Waals surface area (Å²) < 4.78 is 12.3. The Morgan fingerprint density at radius 2 is 1.88 bits per heavy atom. The number of carbonyl (C=O) groups is 2. The van der Waals surface area contributed by atoms with Crippen molar-refractivity contribution in [1.82, 2.24) is 15.5 Å². The van der Waals surface area contributed by atoms with Crippen molar-refractivity contribution in [3.63, 3.8) is 0 Å². The number of amides is 2. The zero-order chi connectivity index (χ0) is 23.7. The summed E-state index contributed by atoms with van der Waals surface area (Å²) in [7, 11) is -0.588. The first kappa shape index (κ1) is 27.4. The Morgan fingerprint density at radius 1 is 1.22 bits per heavy atom. The quantitative estimate of drug-likeness (QED) is 0.321. The van der Waals surface area contributed by atoms with Gasteiger partial charge in [-0.2, -0.15) is 0 Å². The lowest BCUT2D eigenvalue weighted by Gasteiger charge is -2.31. The van der Waals surface area contributed by atoms with E-state index >= 15 is 0 Å². The maximum absolute atomic E-state index is 12.6. The Balaban J connectivity index is 1.93. The van der Waals surface area contributed by atoms with E-state index in [1.807, 2.05) is 13.8 Å². The minimum atomic E-state index is -0.588. The highest BCUT2D eigenvalue weighted by atomic mass is 79.9. The molecule has 1 atom stereocenters. The Morgan fingerprint density at radius 3 is 2.47 bits per heavy atom. The lowest BCUT2D eigenvalue weighted by molar-refractivity contribution is -0.120. The molecular formula is C20H29BBrCl2N3O5. The van der Waals surface area contributed by atoms with Gasteiger partial charge in [-0.05, 0) is 40.4 Å². The van der Waals surface area contributed by atoms with Crippen molar-refractivity contribution < 1.29 is 24.0 Å². The molecule has 0 unspecified atom stereocenters. The van der Waals surface area contributed by atoms with Gasteiger partial charge in [0.05, 0.1) is 34.7 Å². The van der Waals surface area contributed by atoms with Crippen LogP contribution in [0.3, 0.4) is 0 Å². The highest BCUT2D eigenvalue weighted by molar-refractivity contribution is 9.10. The number of aliphatic hydroxyl groups is 1. The van der Waals surface area contributed by atoms with Gasteiger partial charge in [0, 0.05) is 37.3 Å².